The van der Waals surface area contributed by atoms with Gasteiger partial charge in [0.2, 0.25) is 5.91 Å². The first kappa shape index (κ1) is 16.0. The highest BCUT2D eigenvalue weighted by molar-refractivity contribution is 5.79. The number of rotatable bonds is 3. The van der Waals surface area contributed by atoms with Crippen LogP contribution in [0.1, 0.15) is 48.0 Å². The van der Waals surface area contributed by atoms with Crippen molar-refractivity contribution in [2.75, 3.05) is 19.0 Å². The Balaban J connectivity index is 1.70. The molecule has 2 heterocycles. The highest BCUT2D eigenvalue weighted by atomic mass is 16.5. The van der Waals surface area contributed by atoms with Crippen LogP contribution < -0.4 is 10.1 Å². The summed E-state index contributed by atoms with van der Waals surface area (Å²) in [5.41, 5.74) is 4.85. The molecule has 1 N–H and O–H groups in total. The average molecular weight is 336 g/mol. The van der Waals surface area contributed by atoms with Crippen LogP contribution in [0.2, 0.25) is 0 Å². The SMILES string of the molecule is COc1ccc([C@@H]2C[C@H](N3CCCC3=O)c3cc(C)ccc3N2)cc1. The molecule has 2 aromatic rings. The Morgan fingerprint density at radius 1 is 1.16 bits per heavy atom. The molecule has 0 aliphatic carbocycles. The highest BCUT2D eigenvalue weighted by Gasteiger charge is 2.35. The van der Waals surface area contributed by atoms with Gasteiger partial charge >= 0.3 is 0 Å². The number of fused-ring (bicyclic) bond motifs is 1. The first-order chi connectivity index (χ1) is 12.2. The van der Waals surface area contributed by atoms with E-state index >= 15 is 0 Å². The molecule has 2 aromatic carbocycles. The first-order valence-corrected chi connectivity index (χ1v) is 8.96. The van der Waals surface area contributed by atoms with Crippen LogP contribution in [0.25, 0.3) is 0 Å². The van der Waals surface area contributed by atoms with Crippen molar-refractivity contribution in [2.24, 2.45) is 0 Å². The van der Waals surface area contributed by atoms with E-state index in [4.69, 9.17) is 4.74 Å². The van der Waals surface area contributed by atoms with Crippen LogP contribution >= 0.6 is 0 Å². The zero-order valence-corrected chi connectivity index (χ0v) is 14.8. The Kier molecular flexibility index (Phi) is 4.12. The maximum Gasteiger partial charge on any atom is 0.223 e. The number of hydrogen-bond donors (Lipinski definition) is 1. The summed E-state index contributed by atoms with van der Waals surface area (Å²) in [6.45, 7) is 2.98. The third-order valence-electron chi connectivity index (χ3n) is 5.36. The molecule has 2 aliphatic rings. The molecule has 0 radical (unpaired) electrons. The number of carbonyl (C=O) groups is 1. The van der Waals surface area contributed by atoms with Gasteiger partial charge in [-0.2, -0.15) is 0 Å². The molecule has 4 rings (SSSR count). The van der Waals surface area contributed by atoms with Gasteiger partial charge in [-0.1, -0.05) is 29.8 Å². The second kappa shape index (κ2) is 6.43. The molecule has 0 aromatic heterocycles. The van der Waals surface area contributed by atoms with Crippen molar-refractivity contribution in [1.29, 1.82) is 0 Å². The summed E-state index contributed by atoms with van der Waals surface area (Å²) in [6.07, 6.45) is 2.55. The van der Waals surface area contributed by atoms with E-state index < -0.39 is 0 Å². The summed E-state index contributed by atoms with van der Waals surface area (Å²) in [4.78, 5) is 14.5. The van der Waals surface area contributed by atoms with Gasteiger partial charge in [-0.3, -0.25) is 4.79 Å². The van der Waals surface area contributed by atoms with Gasteiger partial charge in [0.1, 0.15) is 5.75 Å². The van der Waals surface area contributed by atoms with Crippen molar-refractivity contribution in [3.63, 3.8) is 0 Å². The molecule has 4 heteroatoms. The minimum atomic E-state index is 0.151. The lowest BCUT2D eigenvalue weighted by Crippen LogP contribution is -2.35. The molecule has 4 nitrogen and oxygen atoms in total. The van der Waals surface area contributed by atoms with Crippen LogP contribution in [0.3, 0.4) is 0 Å². The van der Waals surface area contributed by atoms with Gasteiger partial charge in [-0.15, -0.1) is 0 Å². The van der Waals surface area contributed by atoms with Gasteiger partial charge in [0, 0.05) is 18.7 Å². The summed E-state index contributed by atoms with van der Waals surface area (Å²) in [6, 6.07) is 15.1. The van der Waals surface area contributed by atoms with Crippen LogP contribution in [0.5, 0.6) is 5.75 Å². The second-order valence-electron chi connectivity index (χ2n) is 7.00. The molecule has 130 valence electrons. The predicted molar refractivity (Wildman–Crippen MR) is 98.8 cm³/mol. The molecule has 0 unspecified atom stereocenters. The Morgan fingerprint density at radius 2 is 1.96 bits per heavy atom. The fraction of sp³-hybridized carbons (Fsp3) is 0.381. The number of nitrogens with zero attached hydrogens (tertiary/aromatic N) is 1. The summed E-state index contributed by atoms with van der Waals surface area (Å²) in [5.74, 6) is 1.15. The predicted octanol–water partition coefficient (Wildman–Crippen LogP) is 4.22. The maximum atomic E-state index is 12.4. The van der Waals surface area contributed by atoms with E-state index in [1.54, 1.807) is 7.11 Å². The van der Waals surface area contributed by atoms with Crippen LogP contribution in [-0.2, 0) is 4.79 Å². The molecule has 0 bridgehead atoms. The number of methoxy groups -OCH3 is 1. The molecule has 25 heavy (non-hydrogen) atoms. The largest absolute Gasteiger partial charge is 0.497 e. The highest BCUT2D eigenvalue weighted by Crippen LogP contribution is 2.43. The molecule has 1 saturated heterocycles. The van der Waals surface area contributed by atoms with Gasteiger partial charge in [-0.05, 0) is 49.1 Å². The number of nitrogens with one attached hydrogen (secondary N) is 1. The van der Waals surface area contributed by atoms with Gasteiger partial charge in [0.15, 0.2) is 0 Å². The van der Waals surface area contributed by atoms with Crippen molar-refractivity contribution in [2.45, 2.75) is 38.3 Å². The Hall–Kier alpha value is -2.49. The minimum Gasteiger partial charge on any atom is -0.497 e. The average Bonchev–Trinajstić information content (AvgIpc) is 3.07. The Bertz CT molecular complexity index is 785. The number of likely N-dealkylation sites (tertiary alicyclic amines) is 1. The number of carbonyl (C=O) groups excluding carboxylic acids is 1. The smallest absolute Gasteiger partial charge is 0.223 e. The van der Waals surface area contributed by atoms with Crippen molar-refractivity contribution >= 4 is 11.6 Å². The normalized spacial score (nSPS) is 22.5. The van der Waals surface area contributed by atoms with E-state index in [1.807, 2.05) is 12.1 Å². The van der Waals surface area contributed by atoms with Crippen molar-refractivity contribution < 1.29 is 9.53 Å². The summed E-state index contributed by atoms with van der Waals surface area (Å²) in [7, 11) is 1.68. The third kappa shape index (κ3) is 2.97. The quantitative estimate of drug-likeness (QED) is 0.912. The van der Waals surface area contributed by atoms with E-state index in [9.17, 15) is 4.79 Å². The van der Waals surface area contributed by atoms with Gasteiger partial charge < -0.3 is 15.0 Å². The summed E-state index contributed by atoms with van der Waals surface area (Å²) in [5, 5.41) is 3.67. The van der Waals surface area contributed by atoms with E-state index in [-0.39, 0.29) is 18.0 Å². The number of ether oxygens (including phenoxy) is 1. The van der Waals surface area contributed by atoms with Crippen LogP contribution in [0.15, 0.2) is 42.5 Å². The molecular weight excluding hydrogens is 312 g/mol. The van der Waals surface area contributed by atoms with Gasteiger partial charge in [0.25, 0.3) is 0 Å². The third-order valence-corrected chi connectivity index (χ3v) is 5.36. The molecule has 0 spiro atoms. The van der Waals surface area contributed by atoms with Crippen LogP contribution in [-0.4, -0.2) is 24.5 Å². The zero-order valence-electron chi connectivity index (χ0n) is 14.8. The number of aryl methyl sites for hydroxylation is 1. The van der Waals surface area contributed by atoms with Gasteiger partial charge in [-0.25, -0.2) is 0 Å². The lowest BCUT2D eigenvalue weighted by atomic mass is 9.87. The van der Waals surface area contributed by atoms with E-state index in [0.717, 1.165) is 30.8 Å². The summed E-state index contributed by atoms with van der Waals surface area (Å²) < 4.78 is 5.27. The topological polar surface area (TPSA) is 41.6 Å². The minimum absolute atomic E-state index is 0.151. The van der Waals surface area contributed by atoms with Crippen LogP contribution in [0.4, 0.5) is 5.69 Å². The monoisotopic (exact) mass is 336 g/mol. The molecule has 0 saturated carbocycles. The molecule has 2 atom stereocenters. The van der Waals surface area contributed by atoms with E-state index in [2.05, 4.69) is 47.5 Å². The number of amides is 1. The number of anilines is 1. The molecule has 2 aliphatic heterocycles. The van der Waals surface area contributed by atoms with Gasteiger partial charge in [0.05, 0.1) is 19.2 Å². The fourth-order valence-electron chi connectivity index (χ4n) is 4.04. The number of hydrogen-bond acceptors (Lipinski definition) is 3. The van der Waals surface area contributed by atoms with Crippen molar-refractivity contribution in [3.8, 4) is 5.75 Å². The second-order valence-corrected chi connectivity index (χ2v) is 7.00. The number of benzene rings is 2. The fourth-order valence-corrected chi connectivity index (χ4v) is 4.04. The Labute approximate surface area is 148 Å². The maximum absolute atomic E-state index is 12.4. The standard InChI is InChI=1S/C21H24N2O2/c1-14-5-10-18-17(12-14)20(23-11-3-4-21(23)24)13-19(22-18)15-6-8-16(25-2)9-7-15/h5-10,12,19-20,22H,3-4,11,13H2,1-2H3/t19-,20-/m0/s1. The van der Waals surface area contributed by atoms with Crippen LogP contribution in [0, 0.1) is 6.92 Å². The lowest BCUT2D eigenvalue weighted by molar-refractivity contribution is -0.130. The molecular formula is C21H24N2O2. The first-order valence-electron chi connectivity index (χ1n) is 8.96. The zero-order chi connectivity index (χ0) is 17.4. The molecule has 1 amide bonds. The van der Waals surface area contributed by atoms with E-state index in [1.165, 1.54) is 16.7 Å². The van der Waals surface area contributed by atoms with Crippen molar-refractivity contribution in [3.05, 3.63) is 59.2 Å². The van der Waals surface area contributed by atoms with Crippen molar-refractivity contribution in [1.82, 2.24) is 4.90 Å². The Morgan fingerprint density at radius 3 is 2.64 bits per heavy atom. The van der Waals surface area contributed by atoms with E-state index in [0.29, 0.717) is 6.42 Å². The summed E-state index contributed by atoms with van der Waals surface area (Å²) >= 11 is 0. The molecule has 1 fully saturated rings. The lowest BCUT2D eigenvalue weighted by Gasteiger charge is -2.38.